The van der Waals surface area contributed by atoms with Gasteiger partial charge in [0.2, 0.25) is 5.91 Å². The van der Waals surface area contributed by atoms with Gasteiger partial charge in [-0.2, -0.15) is 5.26 Å². The Morgan fingerprint density at radius 1 is 1.25 bits per heavy atom. The van der Waals surface area contributed by atoms with Gasteiger partial charge in [0.1, 0.15) is 0 Å². The number of allylic oxidation sites excluding steroid dienone is 1. The molecule has 3 nitrogen and oxygen atoms in total. The van der Waals surface area contributed by atoms with E-state index in [1.165, 1.54) is 11.6 Å². The maximum absolute atomic E-state index is 12.1. The molecule has 1 heterocycles. The first-order valence-electron chi connectivity index (χ1n) is 6.90. The Kier molecular flexibility index (Phi) is 3.94. The van der Waals surface area contributed by atoms with Gasteiger partial charge in [0, 0.05) is 24.7 Å². The number of carbonyl (C=O) groups excluding carboxylic acids is 1. The number of carbonyl (C=O) groups is 1. The minimum atomic E-state index is 0.0706. The van der Waals surface area contributed by atoms with Crippen LogP contribution in [0.25, 0.3) is 0 Å². The molecule has 0 aliphatic carbocycles. The van der Waals surface area contributed by atoms with Crippen LogP contribution in [-0.4, -0.2) is 12.5 Å². The van der Waals surface area contributed by atoms with Gasteiger partial charge in [0.05, 0.1) is 6.07 Å². The van der Waals surface area contributed by atoms with Crippen LogP contribution in [0.3, 0.4) is 0 Å². The summed E-state index contributed by atoms with van der Waals surface area (Å²) in [5.74, 6) is 0.0706. The molecule has 20 heavy (non-hydrogen) atoms. The first-order chi connectivity index (χ1) is 9.41. The second kappa shape index (κ2) is 5.50. The summed E-state index contributed by atoms with van der Waals surface area (Å²) in [6.07, 6.45) is 2.63. The summed E-state index contributed by atoms with van der Waals surface area (Å²) in [4.78, 5) is 13.9. The second-order valence-electron chi connectivity index (χ2n) is 6.20. The Bertz CT molecular complexity index is 570. The Morgan fingerprint density at radius 2 is 1.90 bits per heavy atom. The molecule has 104 valence electrons. The number of hydrogen-bond donors (Lipinski definition) is 0. The molecule has 0 atom stereocenters. The van der Waals surface area contributed by atoms with E-state index in [1.54, 1.807) is 4.90 Å². The smallest absolute Gasteiger partial charge is 0.231 e. The Hall–Kier alpha value is -2.08. The third-order valence-corrected chi connectivity index (χ3v) is 3.65. The van der Waals surface area contributed by atoms with Crippen molar-refractivity contribution in [2.45, 2.75) is 39.0 Å². The van der Waals surface area contributed by atoms with E-state index < -0.39 is 0 Å². The Morgan fingerprint density at radius 3 is 2.40 bits per heavy atom. The highest BCUT2D eigenvalue weighted by molar-refractivity contribution is 5.96. The first kappa shape index (κ1) is 14.3. The number of nitrogens with zero attached hydrogens (tertiary/aromatic N) is 2. The highest BCUT2D eigenvalue weighted by Gasteiger charge is 2.23. The largest absolute Gasteiger partial charge is 0.312 e. The van der Waals surface area contributed by atoms with E-state index in [4.69, 9.17) is 5.26 Å². The van der Waals surface area contributed by atoms with Crippen LogP contribution >= 0.6 is 0 Å². The average molecular weight is 268 g/mol. The van der Waals surface area contributed by atoms with E-state index in [0.29, 0.717) is 13.0 Å². The van der Waals surface area contributed by atoms with E-state index >= 15 is 0 Å². The molecule has 0 saturated carbocycles. The molecule has 1 aliphatic heterocycles. The van der Waals surface area contributed by atoms with Gasteiger partial charge in [-0.3, -0.25) is 4.79 Å². The van der Waals surface area contributed by atoms with Crippen LogP contribution in [0.4, 0.5) is 5.69 Å². The molecule has 1 fully saturated rings. The minimum Gasteiger partial charge on any atom is -0.312 e. The van der Waals surface area contributed by atoms with Gasteiger partial charge in [-0.1, -0.05) is 32.9 Å². The zero-order valence-electron chi connectivity index (χ0n) is 12.3. The van der Waals surface area contributed by atoms with Crippen LogP contribution in [0.2, 0.25) is 0 Å². The van der Waals surface area contributed by atoms with Gasteiger partial charge in [-0.15, -0.1) is 0 Å². The maximum Gasteiger partial charge on any atom is 0.231 e. The van der Waals surface area contributed by atoms with Gasteiger partial charge in [0.25, 0.3) is 0 Å². The van der Waals surface area contributed by atoms with Crippen molar-refractivity contribution in [2.24, 2.45) is 0 Å². The Labute approximate surface area is 120 Å². The minimum absolute atomic E-state index is 0.0706. The van der Waals surface area contributed by atoms with Crippen molar-refractivity contribution in [3.8, 4) is 6.07 Å². The first-order valence-corrected chi connectivity index (χ1v) is 6.90. The lowest BCUT2D eigenvalue weighted by atomic mass is 9.87. The van der Waals surface area contributed by atoms with Gasteiger partial charge < -0.3 is 4.90 Å². The second-order valence-corrected chi connectivity index (χ2v) is 6.20. The van der Waals surface area contributed by atoms with E-state index in [1.807, 2.05) is 18.2 Å². The molecule has 0 spiro atoms. The molecular weight excluding hydrogens is 248 g/mol. The highest BCUT2D eigenvalue weighted by atomic mass is 16.2. The SMILES string of the molecule is CC(C)(C)c1ccc(N2CCC(=CC#N)CC2=O)cc1. The molecule has 1 amide bonds. The van der Waals surface area contributed by atoms with Crippen LogP contribution in [0.15, 0.2) is 35.9 Å². The van der Waals surface area contributed by atoms with Crippen LogP contribution in [0.1, 0.15) is 39.2 Å². The zero-order valence-corrected chi connectivity index (χ0v) is 12.3. The Balaban J connectivity index is 2.16. The van der Waals surface area contributed by atoms with Crippen molar-refractivity contribution < 1.29 is 4.79 Å². The molecule has 1 aliphatic rings. The summed E-state index contributed by atoms with van der Waals surface area (Å²) in [5, 5.41) is 8.64. The molecule has 0 unspecified atom stereocenters. The molecule has 0 aromatic heterocycles. The van der Waals surface area contributed by atoms with Gasteiger partial charge >= 0.3 is 0 Å². The predicted molar refractivity (Wildman–Crippen MR) is 80.4 cm³/mol. The van der Waals surface area contributed by atoms with Gasteiger partial charge in [-0.05, 0) is 35.1 Å². The molecule has 3 heteroatoms. The molecular formula is C17H20N2O. The van der Waals surface area contributed by atoms with Crippen LogP contribution < -0.4 is 4.90 Å². The number of piperidine rings is 1. The molecule has 2 rings (SSSR count). The summed E-state index contributed by atoms with van der Waals surface area (Å²) >= 11 is 0. The van der Waals surface area contributed by atoms with Crippen LogP contribution in [0, 0.1) is 11.3 Å². The van der Waals surface area contributed by atoms with Crippen molar-refractivity contribution >= 4 is 11.6 Å². The zero-order chi connectivity index (χ0) is 14.8. The summed E-state index contributed by atoms with van der Waals surface area (Å²) in [6, 6.07) is 10.2. The maximum atomic E-state index is 12.1. The fraction of sp³-hybridized carbons (Fsp3) is 0.412. The molecule has 1 saturated heterocycles. The lowest BCUT2D eigenvalue weighted by Gasteiger charge is -2.29. The number of benzene rings is 1. The van der Waals surface area contributed by atoms with Crippen molar-refractivity contribution in [1.29, 1.82) is 5.26 Å². The van der Waals surface area contributed by atoms with Crippen molar-refractivity contribution in [2.75, 3.05) is 11.4 Å². The molecule has 1 aromatic rings. The number of nitriles is 1. The predicted octanol–water partition coefficient (Wildman–Crippen LogP) is 3.56. The van der Waals surface area contributed by atoms with E-state index in [0.717, 1.165) is 17.7 Å². The molecule has 0 radical (unpaired) electrons. The van der Waals surface area contributed by atoms with Crippen molar-refractivity contribution in [3.05, 3.63) is 41.5 Å². The highest BCUT2D eigenvalue weighted by Crippen LogP contribution is 2.27. The third-order valence-electron chi connectivity index (χ3n) is 3.65. The van der Waals surface area contributed by atoms with Gasteiger partial charge in [0.15, 0.2) is 0 Å². The topological polar surface area (TPSA) is 44.1 Å². The fourth-order valence-electron chi connectivity index (χ4n) is 2.39. The summed E-state index contributed by atoms with van der Waals surface area (Å²) in [5.41, 5.74) is 3.25. The summed E-state index contributed by atoms with van der Waals surface area (Å²) < 4.78 is 0. The van der Waals surface area contributed by atoms with E-state index in [-0.39, 0.29) is 11.3 Å². The number of anilines is 1. The van der Waals surface area contributed by atoms with Crippen LogP contribution in [0.5, 0.6) is 0 Å². The third kappa shape index (κ3) is 3.08. The fourth-order valence-corrected chi connectivity index (χ4v) is 2.39. The van der Waals surface area contributed by atoms with Crippen molar-refractivity contribution in [1.82, 2.24) is 0 Å². The lowest BCUT2D eigenvalue weighted by Crippen LogP contribution is -2.36. The van der Waals surface area contributed by atoms with Crippen molar-refractivity contribution in [3.63, 3.8) is 0 Å². The number of rotatable bonds is 1. The monoisotopic (exact) mass is 268 g/mol. The molecule has 1 aromatic carbocycles. The average Bonchev–Trinajstić information content (AvgIpc) is 2.38. The summed E-state index contributed by atoms with van der Waals surface area (Å²) in [7, 11) is 0. The lowest BCUT2D eigenvalue weighted by molar-refractivity contribution is -0.118. The molecule has 0 bridgehead atoms. The number of amides is 1. The summed E-state index contributed by atoms with van der Waals surface area (Å²) in [6.45, 7) is 7.17. The standard InChI is InChI=1S/C17H20N2O/c1-17(2,3)14-4-6-15(7-5-14)19-11-9-13(8-10-18)12-16(19)20/h4-8H,9,11-12H2,1-3H3. The normalized spacial score (nSPS) is 18.2. The van der Waals surface area contributed by atoms with E-state index in [2.05, 4.69) is 32.9 Å². The quantitative estimate of drug-likeness (QED) is 0.731. The van der Waals surface area contributed by atoms with E-state index in [9.17, 15) is 4.79 Å². The number of hydrogen-bond acceptors (Lipinski definition) is 2. The van der Waals surface area contributed by atoms with Gasteiger partial charge in [-0.25, -0.2) is 0 Å². The van der Waals surface area contributed by atoms with Crippen LogP contribution in [-0.2, 0) is 10.2 Å². The molecule has 0 N–H and O–H groups in total.